The number of hydrogen-bond donors (Lipinski definition) is 2. The number of aliphatic hydroxyl groups is 1. The molecule has 120 valence electrons. The van der Waals surface area contributed by atoms with Crippen molar-refractivity contribution in [1.82, 2.24) is 4.72 Å². The van der Waals surface area contributed by atoms with Crippen LogP contribution in [0.5, 0.6) is 0 Å². The van der Waals surface area contributed by atoms with E-state index >= 15 is 0 Å². The summed E-state index contributed by atoms with van der Waals surface area (Å²) in [5, 5.41) is 10.3. The molecule has 2 aromatic rings. The first kappa shape index (κ1) is 17.4. The van der Waals surface area contributed by atoms with Gasteiger partial charge in [-0.3, -0.25) is 0 Å². The first-order valence-corrected chi connectivity index (χ1v) is 9.61. The molecule has 4 nitrogen and oxygen atoms in total. The Kier molecular flexibility index (Phi) is 6.37. The number of nitrogens with one attached hydrogen (secondary N) is 1. The Bertz CT molecular complexity index is 731. The summed E-state index contributed by atoms with van der Waals surface area (Å²) in [6.07, 6.45) is 3.36. The zero-order valence-corrected chi connectivity index (χ0v) is 14.7. The molecule has 0 fully saturated rings. The lowest BCUT2D eigenvalue weighted by atomic mass is 10.1. The van der Waals surface area contributed by atoms with Gasteiger partial charge in [0.1, 0.15) is 0 Å². The molecule has 0 unspecified atom stereocenters. The Hall–Kier alpha value is -0.950. The summed E-state index contributed by atoms with van der Waals surface area (Å²) in [6, 6.07) is 10.8. The lowest BCUT2D eigenvalue weighted by Crippen LogP contribution is -2.25. The molecule has 0 bridgehead atoms. The predicted molar refractivity (Wildman–Crippen MR) is 92.4 cm³/mol. The molecule has 0 aliphatic heterocycles. The molecule has 2 aromatic carbocycles. The first-order chi connectivity index (χ1) is 10.6. The monoisotopic (exact) mass is 385 g/mol. The van der Waals surface area contributed by atoms with E-state index in [1.807, 2.05) is 24.3 Å². The Morgan fingerprint density at radius 2 is 1.64 bits per heavy atom. The van der Waals surface area contributed by atoms with Crippen LogP contribution in [-0.4, -0.2) is 26.7 Å². The minimum Gasteiger partial charge on any atom is -0.396 e. The smallest absolute Gasteiger partial charge is 0.241 e. The third kappa shape index (κ3) is 4.29. The van der Waals surface area contributed by atoms with E-state index in [9.17, 15) is 8.42 Å². The fourth-order valence-electron chi connectivity index (χ4n) is 2.35. The number of hydrogen-bond acceptors (Lipinski definition) is 3. The summed E-state index contributed by atoms with van der Waals surface area (Å²) in [6.45, 7) is 0.606. The standard InChI is InChI=1S/C16H20BrNO3S/c17-15-9-5-8-14-13(15)7-6-10-16(14)22(20,21)18-11-3-1-2-4-12-19/h5-10,18-19H,1-4,11-12H2. The number of aliphatic hydroxyl groups excluding tert-OH is 1. The van der Waals surface area contributed by atoms with Crippen molar-refractivity contribution in [3.8, 4) is 0 Å². The third-order valence-corrected chi connectivity index (χ3v) is 5.71. The van der Waals surface area contributed by atoms with E-state index in [0.717, 1.165) is 35.5 Å². The van der Waals surface area contributed by atoms with Gasteiger partial charge in [-0.15, -0.1) is 0 Å². The van der Waals surface area contributed by atoms with E-state index in [4.69, 9.17) is 5.11 Å². The number of fused-ring (bicyclic) bond motifs is 1. The van der Waals surface area contributed by atoms with E-state index in [0.29, 0.717) is 16.8 Å². The molecular weight excluding hydrogens is 366 g/mol. The van der Waals surface area contributed by atoms with Gasteiger partial charge in [0, 0.05) is 23.0 Å². The molecule has 2 rings (SSSR count). The van der Waals surface area contributed by atoms with Crippen molar-refractivity contribution in [3.05, 3.63) is 40.9 Å². The molecule has 0 saturated carbocycles. The molecule has 0 aliphatic rings. The number of rotatable bonds is 8. The van der Waals surface area contributed by atoms with E-state index in [2.05, 4.69) is 20.7 Å². The number of sulfonamides is 1. The van der Waals surface area contributed by atoms with Crippen LogP contribution in [0, 0.1) is 0 Å². The summed E-state index contributed by atoms with van der Waals surface area (Å²) in [5.41, 5.74) is 0. The number of benzene rings is 2. The minimum absolute atomic E-state index is 0.191. The summed E-state index contributed by atoms with van der Waals surface area (Å²) in [5.74, 6) is 0. The Morgan fingerprint density at radius 3 is 2.41 bits per heavy atom. The summed E-state index contributed by atoms with van der Waals surface area (Å²) < 4.78 is 28.5. The zero-order valence-electron chi connectivity index (χ0n) is 12.3. The average molecular weight is 386 g/mol. The van der Waals surface area contributed by atoms with Crippen molar-refractivity contribution in [3.63, 3.8) is 0 Å². The molecule has 0 heterocycles. The Morgan fingerprint density at radius 1 is 0.955 bits per heavy atom. The van der Waals surface area contributed by atoms with Gasteiger partial charge in [0.25, 0.3) is 0 Å². The second-order valence-corrected chi connectivity index (χ2v) is 7.72. The van der Waals surface area contributed by atoms with Gasteiger partial charge in [-0.05, 0) is 30.4 Å². The molecule has 2 N–H and O–H groups in total. The van der Waals surface area contributed by atoms with Crippen LogP contribution in [0.1, 0.15) is 25.7 Å². The van der Waals surface area contributed by atoms with Crippen molar-refractivity contribution < 1.29 is 13.5 Å². The Balaban J connectivity index is 2.11. The van der Waals surface area contributed by atoms with E-state index in [1.165, 1.54) is 0 Å². The first-order valence-electron chi connectivity index (χ1n) is 7.34. The molecule has 22 heavy (non-hydrogen) atoms. The van der Waals surface area contributed by atoms with Crippen molar-refractivity contribution in [2.45, 2.75) is 30.6 Å². The van der Waals surface area contributed by atoms with Gasteiger partial charge in [-0.1, -0.05) is 53.0 Å². The van der Waals surface area contributed by atoms with Gasteiger partial charge in [-0.2, -0.15) is 0 Å². The summed E-state index contributed by atoms with van der Waals surface area (Å²) in [4.78, 5) is 0.307. The highest BCUT2D eigenvalue weighted by molar-refractivity contribution is 9.10. The zero-order chi connectivity index (χ0) is 16.0. The van der Waals surface area contributed by atoms with E-state index in [1.54, 1.807) is 12.1 Å². The third-order valence-electron chi connectivity index (χ3n) is 3.50. The molecule has 0 saturated heterocycles. The fourth-order valence-corrected chi connectivity index (χ4v) is 4.14. The molecule has 0 aromatic heterocycles. The summed E-state index contributed by atoms with van der Waals surface area (Å²) in [7, 11) is -3.52. The lowest BCUT2D eigenvalue weighted by molar-refractivity contribution is 0.282. The summed E-state index contributed by atoms with van der Waals surface area (Å²) >= 11 is 3.45. The second-order valence-electron chi connectivity index (χ2n) is 5.13. The van der Waals surface area contributed by atoms with Crippen LogP contribution in [0.3, 0.4) is 0 Å². The predicted octanol–water partition coefficient (Wildman–Crippen LogP) is 3.43. The van der Waals surface area contributed by atoms with Crippen LogP contribution < -0.4 is 4.72 Å². The van der Waals surface area contributed by atoms with Gasteiger partial charge in [0.05, 0.1) is 4.90 Å². The quantitative estimate of drug-likeness (QED) is 0.683. The lowest BCUT2D eigenvalue weighted by Gasteiger charge is -2.10. The van der Waals surface area contributed by atoms with Crippen LogP contribution >= 0.6 is 15.9 Å². The molecule has 0 radical (unpaired) electrons. The normalized spacial score (nSPS) is 11.9. The minimum atomic E-state index is -3.52. The van der Waals surface area contributed by atoms with Crippen LogP contribution in [0.2, 0.25) is 0 Å². The Labute approximate surface area is 139 Å². The van der Waals surface area contributed by atoms with Crippen LogP contribution in [0.15, 0.2) is 45.8 Å². The number of unbranched alkanes of at least 4 members (excludes halogenated alkanes) is 3. The topological polar surface area (TPSA) is 66.4 Å². The SMILES string of the molecule is O=S(=O)(NCCCCCCO)c1cccc2c(Br)cccc12. The molecular formula is C16H20BrNO3S. The van der Waals surface area contributed by atoms with Crippen LogP contribution in [-0.2, 0) is 10.0 Å². The maximum atomic E-state index is 12.5. The largest absolute Gasteiger partial charge is 0.396 e. The van der Waals surface area contributed by atoms with Gasteiger partial charge >= 0.3 is 0 Å². The molecule has 0 amide bonds. The molecule has 6 heteroatoms. The van der Waals surface area contributed by atoms with Crippen molar-refractivity contribution in [1.29, 1.82) is 0 Å². The molecule has 0 spiro atoms. The van der Waals surface area contributed by atoms with Gasteiger partial charge in [-0.25, -0.2) is 13.1 Å². The van der Waals surface area contributed by atoms with Crippen molar-refractivity contribution in [2.75, 3.05) is 13.2 Å². The maximum Gasteiger partial charge on any atom is 0.241 e. The van der Waals surface area contributed by atoms with Gasteiger partial charge in [0.15, 0.2) is 0 Å². The van der Waals surface area contributed by atoms with Crippen molar-refractivity contribution >= 4 is 36.7 Å². The highest BCUT2D eigenvalue weighted by atomic mass is 79.9. The molecule has 0 atom stereocenters. The molecule has 0 aliphatic carbocycles. The van der Waals surface area contributed by atoms with Crippen LogP contribution in [0.4, 0.5) is 0 Å². The highest BCUT2D eigenvalue weighted by Gasteiger charge is 2.17. The van der Waals surface area contributed by atoms with Crippen molar-refractivity contribution in [2.24, 2.45) is 0 Å². The second kappa shape index (κ2) is 8.06. The van der Waals surface area contributed by atoms with Gasteiger partial charge < -0.3 is 5.11 Å². The average Bonchev–Trinajstić information content (AvgIpc) is 2.50. The fraction of sp³-hybridized carbons (Fsp3) is 0.375. The number of halogens is 1. The van der Waals surface area contributed by atoms with Gasteiger partial charge in [0.2, 0.25) is 10.0 Å². The van der Waals surface area contributed by atoms with E-state index in [-0.39, 0.29) is 6.61 Å². The maximum absolute atomic E-state index is 12.5. The van der Waals surface area contributed by atoms with Crippen LogP contribution in [0.25, 0.3) is 10.8 Å². The highest BCUT2D eigenvalue weighted by Crippen LogP contribution is 2.28. The van der Waals surface area contributed by atoms with E-state index < -0.39 is 10.0 Å².